The van der Waals surface area contributed by atoms with Crippen molar-refractivity contribution in [2.45, 2.75) is 18.1 Å². The number of rotatable bonds is 4. The maximum Gasteiger partial charge on any atom is 0.409 e. The molecule has 0 spiro atoms. The summed E-state index contributed by atoms with van der Waals surface area (Å²) in [5, 5.41) is 1.47. The first-order chi connectivity index (χ1) is 10.7. The van der Waals surface area contributed by atoms with Gasteiger partial charge in [-0.05, 0) is 0 Å². The number of amides is 2. The molecule has 0 radical (unpaired) electrons. The lowest BCUT2D eigenvalue weighted by molar-refractivity contribution is -0.148. The summed E-state index contributed by atoms with van der Waals surface area (Å²) in [4.78, 5) is 12.3. The number of alkyl halides is 5. The molecule has 0 saturated carbocycles. The summed E-state index contributed by atoms with van der Waals surface area (Å²) in [6.45, 7) is -2.68. The van der Waals surface area contributed by atoms with Gasteiger partial charge < -0.3 is 15.0 Å². The van der Waals surface area contributed by atoms with Crippen LogP contribution in [0.5, 0.6) is 0 Å². The Bertz CT molecular complexity index is 552. The Morgan fingerprint density at radius 2 is 1.96 bits per heavy atom. The summed E-state index contributed by atoms with van der Waals surface area (Å²) in [6.07, 6.45) is -5.07. The summed E-state index contributed by atoms with van der Waals surface area (Å²) in [6, 6.07) is -4.16. The lowest BCUT2D eigenvalue weighted by Gasteiger charge is -2.28. The number of urea groups is 1. The van der Waals surface area contributed by atoms with Crippen LogP contribution in [0.4, 0.5) is 26.7 Å². The first kappa shape index (κ1) is 20.8. The molecule has 1 fully saturated rings. The van der Waals surface area contributed by atoms with Crippen LogP contribution in [-0.4, -0.2) is 87.9 Å². The Kier molecular flexibility index (Phi) is 6.38. The van der Waals surface area contributed by atoms with Gasteiger partial charge in [0.1, 0.15) is 12.6 Å². The van der Waals surface area contributed by atoms with Gasteiger partial charge in [-0.15, -0.1) is 0 Å². The van der Waals surface area contributed by atoms with Gasteiger partial charge in [-0.1, -0.05) is 0 Å². The second-order valence-corrected chi connectivity index (χ2v) is 7.66. The number of halogens is 5. The Morgan fingerprint density at radius 3 is 2.46 bits per heavy atom. The van der Waals surface area contributed by atoms with E-state index >= 15 is 0 Å². The molecular formula is C11H18F5N3O4S. The summed E-state index contributed by atoms with van der Waals surface area (Å²) in [5.41, 5.74) is 0. The number of carbonyl (C=O) groups is 1. The first-order valence-corrected chi connectivity index (χ1v) is 8.33. The zero-order chi connectivity index (χ0) is 18.8. The van der Waals surface area contributed by atoms with Crippen LogP contribution in [0.2, 0.25) is 0 Å². The zero-order valence-electron chi connectivity index (χ0n) is 12.9. The van der Waals surface area contributed by atoms with Crippen molar-refractivity contribution in [1.82, 2.24) is 14.5 Å². The highest BCUT2D eigenvalue weighted by Crippen LogP contribution is 2.23. The fourth-order valence-corrected chi connectivity index (χ4v) is 2.78. The molecule has 0 bridgehead atoms. The molecule has 0 aromatic carbocycles. The molecule has 1 unspecified atom stereocenters. The van der Waals surface area contributed by atoms with Gasteiger partial charge in [0.2, 0.25) is 10.0 Å². The Labute approximate surface area is 135 Å². The maximum absolute atomic E-state index is 13.4. The number of nitrogens with zero attached hydrogens (tertiary/aromatic N) is 2. The molecule has 1 aliphatic rings. The van der Waals surface area contributed by atoms with Gasteiger partial charge in [0, 0.05) is 20.6 Å². The predicted molar refractivity (Wildman–Crippen MR) is 73.2 cm³/mol. The Balaban J connectivity index is 2.88. The molecule has 142 valence electrons. The van der Waals surface area contributed by atoms with Crippen molar-refractivity contribution >= 4 is 16.1 Å². The van der Waals surface area contributed by atoms with Crippen LogP contribution >= 0.6 is 0 Å². The molecule has 1 saturated heterocycles. The molecule has 0 aliphatic carbocycles. The molecule has 1 aliphatic heterocycles. The molecule has 0 aromatic heterocycles. The van der Waals surface area contributed by atoms with Crippen molar-refractivity contribution in [2.24, 2.45) is 0 Å². The summed E-state index contributed by atoms with van der Waals surface area (Å²) in [5.74, 6) is -4.84. The molecule has 13 heteroatoms. The lowest BCUT2D eigenvalue weighted by atomic mass is 10.3. The largest absolute Gasteiger partial charge is 0.409 e. The molecule has 24 heavy (non-hydrogen) atoms. The minimum Gasteiger partial charge on any atom is -0.373 e. The second-order valence-electron chi connectivity index (χ2n) is 5.43. The number of hydrogen-bond acceptors (Lipinski definition) is 4. The van der Waals surface area contributed by atoms with E-state index in [-0.39, 0.29) is 13.2 Å². The van der Waals surface area contributed by atoms with Gasteiger partial charge in [0.25, 0.3) is 5.92 Å². The third-order valence-corrected chi connectivity index (χ3v) is 5.02. The van der Waals surface area contributed by atoms with E-state index in [0.717, 1.165) is 14.1 Å². The molecule has 1 atom stereocenters. The summed E-state index contributed by atoms with van der Waals surface area (Å²) >= 11 is 0. The van der Waals surface area contributed by atoms with Crippen LogP contribution in [0.1, 0.15) is 0 Å². The minimum absolute atomic E-state index is 0.268. The summed E-state index contributed by atoms with van der Waals surface area (Å²) < 4.78 is 94.1. The van der Waals surface area contributed by atoms with Gasteiger partial charge >= 0.3 is 12.2 Å². The van der Waals surface area contributed by atoms with E-state index in [0.29, 0.717) is 9.21 Å². The number of ether oxygens (including phenoxy) is 1. The number of sulfonamides is 1. The molecule has 0 aromatic rings. The highest BCUT2D eigenvalue weighted by atomic mass is 32.2. The standard InChI is InChI=1S/C11H18F5N3O4S/c1-18(2)24(21,22)5-8(11(14,15)16)17-9(20)19-3-4-23-7-10(12,13)6-19/h8H,3-7H2,1-2H3,(H,17,20). The van der Waals surface area contributed by atoms with Crippen molar-refractivity contribution in [1.29, 1.82) is 0 Å². The smallest absolute Gasteiger partial charge is 0.373 e. The number of carbonyl (C=O) groups excluding carboxylic acids is 1. The number of hydrogen-bond donors (Lipinski definition) is 1. The molecule has 1 heterocycles. The van der Waals surface area contributed by atoms with Crippen LogP contribution < -0.4 is 5.32 Å². The third kappa shape index (κ3) is 6.02. The molecule has 7 nitrogen and oxygen atoms in total. The normalized spacial score (nSPS) is 20.6. The number of nitrogens with one attached hydrogen (secondary N) is 1. The SMILES string of the molecule is CN(C)S(=O)(=O)CC(NC(=O)N1CCOCC(F)(F)C1)C(F)(F)F. The lowest BCUT2D eigenvalue weighted by Crippen LogP contribution is -2.56. The first-order valence-electron chi connectivity index (χ1n) is 6.72. The van der Waals surface area contributed by atoms with E-state index in [1.807, 2.05) is 0 Å². The monoisotopic (exact) mass is 383 g/mol. The fourth-order valence-electron chi connectivity index (χ4n) is 1.79. The average Bonchev–Trinajstić information content (AvgIpc) is 2.57. The van der Waals surface area contributed by atoms with Crippen molar-refractivity contribution in [3.63, 3.8) is 0 Å². The highest BCUT2D eigenvalue weighted by molar-refractivity contribution is 7.89. The predicted octanol–water partition coefficient (Wildman–Crippen LogP) is 0.486. The van der Waals surface area contributed by atoms with E-state index in [1.165, 1.54) is 5.32 Å². The van der Waals surface area contributed by atoms with Crippen molar-refractivity contribution in [3.8, 4) is 0 Å². The van der Waals surface area contributed by atoms with Crippen LogP contribution in [-0.2, 0) is 14.8 Å². The second kappa shape index (κ2) is 7.35. The topological polar surface area (TPSA) is 79.0 Å². The van der Waals surface area contributed by atoms with Gasteiger partial charge in [0.15, 0.2) is 0 Å². The van der Waals surface area contributed by atoms with Crippen LogP contribution in [0.15, 0.2) is 0 Å². The van der Waals surface area contributed by atoms with E-state index in [4.69, 9.17) is 0 Å². The van der Waals surface area contributed by atoms with Gasteiger partial charge in [-0.25, -0.2) is 26.3 Å². The maximum atomic E-state index is 13.4. The van der Waals surface area contributed by atoms with Crippen molar-refractivity contribution < 1.29 is 39.9 Å². The van der Waals surface area contributed by atoms with E-state index in [1.54, 1.807) is 0 Å². The van der Waals surface area contributed by atoms with Crippen LogP contribution in [0.3, 0.4) is 0 Å². The molecule has 1 rings (SSSR count). The minimum atomic E-state index is -5.07. The van der Waals surface area contributed by atoms with E-state index < -0.39 is 53.1 Å². The van der Waals surface area contributed by atoms with Gasteiger partial charge in [-0.3, -0.25) is 0 Å². The fraction of sp³-hybridized carbons (Fsp3) is 0.909. The zero-order valence-corrected chi connectivity index (χ0v) is 13.8. The van der Waals surface area contributed by atoms with E-state index in [9.17, 15) is 35.2 Å². The van der Waals surface area contributed by atoms with E-state index in [2.05, 4.69) is 4.74 Å². The Hall–Kier alpha value is -1.21. The van der Waals surface area contributed by atoms with Crippen molar-refractivity contribution in [3.05, 3.63) is 0 Å². The third-order valence-electron chi connectivity index (χ3n) is 3.15. The van der Waals surface area contributed by atoms with Crippen LogP contribution in [0.25, 0.3) is 0 Å². The summed E-state index contributed by atoms with van der Waals surface area (Å²) in [7, 11) is -2.20. The van der Waals surface area contributed by atoms with Gasteiger partial charge in [-0.2, -0.15) is 13.2 Å². The van der Waals surface area contributed by atoms with Crippen molar-refractivity contribution in [2.75, 3.05) is 46.2 Å². The molecular weight excluding hydrogens is 365 g/mol. The quantitative estimate of drug-likeness (QED) is 0.717. The van der Waals surface area contributed by atoms with Crippen LogP contribution in [0, 0.1) is 0 Å². The van der Waals surface area contributed by atoms with Gasteiger partial charge in [0.05, 0.1) is 18.9 Å². The average molecular weight is 383 g/mol. The molecule has 2 amide bonds. The highest BCUT2D eigenvalue weighted by Gasteiger charge is 2.45. The Morgan fingerprint density at radius 1 is 1.38 bits per heavy atom. The molecule has 1 N–H and O–H groups in total.